The molecule has 1 amide bonds. The van der Waals surface area contributed by atoms with Gasteiger partial charge in [0.2, 0.25) is 0 Å². The molecule has 0 saturated carbocycles. The maximum Gasteiger partial charge on any atom is 0.268 e. The third-order valence-corrected chi connectivity index (χ3v) is 4.10. The predicted molar refractivity (Wildman–Crippen MR) is 93.7 cm³/mol. The summed E-state index contributed by atoms with van der Waals surface area (Å²) in [5, 5.41) is 3.77. The Morgan fingerprint density at radius 1 is 1.12 bits per heavy atom. The molecular formula is C19H19FN2O3. The summed E-state index contributed by atoms with van der Waals surface area (Å²) in [6, 6.07) is 11.6. The number of rotatable bonds is 5. The fourth-order valence-electron chi connectivity index (χ4n) is 2.67. The Bertz CT molecular complexity index is 920. The van der Waals surface area contributed by atoms with Gasteiger partial charge in [0, 0.05) is 17.0 Å². The molecule has 6 heteroatoms. The third-order valence-electron chi connectivity index (χ3n) is 4.10. The number of benzene rings is 2. The molecule has 130 valence electrons. The molecular weight excluding hydrogens is 323 g/mol. The summed E-state index contributed by atoms with van der Waals surface area (Å²) in [6.45, 7) is 1.80. The Morgan fingerprint density at radius 2 is 1.92 bits per heavy atom. The highest BCUT2D eigenvalue weighted by Crippen LogP contribution is 2.23. The first kappa shape index (κ1) is 16.8. The summed E-state index contributed by atoms with van der Waals surface area (Å²) in [4.78, 5) is 15.5. The lowest BCUT2D eigenvalue weighted by Gasteiger charge is -2.14. The van der Waals surface area contributed by atoms with Crippen LogP contribution in [0.25, 0.3) is 10.9 Å². The Labute approximate surface area is 144 Å². The summed E-state index contributed by atoms with van der Waals surface area (Å²) < 4.78 is 23.9. The lowest BCUT2D eigenvalue weighted by molar-refractivity contribution is 0.0935. The molecule has 0 aliphatic heterocycles. The number of carbonyl (C=O) groups excluding carboxylic acids is 1. The second-order valence-electron chi connectivity index (χ2n) is 5.73. The monoisotopic (exact) mass is 342 g/mol. The van der Waals surface area contributed by atoms with Crippen LogP contribution in [0.2, 0.25) is 0 Å². The molecule has 0 saturated heterocycles. The molecule has 0 bridgehead atoms. The number of fused-ring (bicyclic) bond motifs is 1. The van der Waals surface area contributed by atoms with Crippen LogP contribution in [0.3, 0.4) is 0 Å². The van der Waals surface area contributed by atoms with E-state index in [1.54, 1.807) is 32.2 Å². The van der Waals surface area contributed by atoms with Gasteiger partial charge in [-0.2, -0.15) is 0 Å². The zero-order valence-corrected chi connectivity index (χ0v) is 14.2. The third kappa shape index (κ3) is 3.42. The van der Waals surface area contributed by atoms with Crippen LogP contribution < -0.4 is 14.8 Å². The van der Waals surface area contributed by atoms with Crippen molar-refractivity contribution in [2.45, 2.75) is 13.0 Å². The number of hydrogen-bond donors (Lipinski definition) is 2. The molecule has 0 radical (unpaired) electrons. The first-order valence-corrected chi connectivity index (χ1v) is 7.83. The maximum absolute atomic E-state index is 13.8. The van der Waals surface area contributed by atoms with E-state index in [-0.39, 0.29) is 17.7 Å². The highest BCUT2D eigenvalue weighted by molar-refractivity contribution is 5.98. The second kappa shape index (κ2) is 6.84. The number of amides is 1. The fourth-order valence-corrected chi connectivity index (χ4v) is 2.67. The van der Waals surface area contributed by atoms with E-state index in [1.165, 1.54) is 13.2 Å². The number of ether oxygens (including phenoxy) is 2. The summed E-state index contributed by atoms with van der Waals surface area (Å²) in [5.74, 6) is 0.160. The van der Waals surface area contributed by atoms with Gasteiger partial charge in [0.25, 0.3) is 5.91 Å². The molecule has 1 atom stereocenters. The van der Waals surface area contributed by atoms with Gasteiger partial charge in [-0.3, -0.25) is 4.79 Å². The number of aromatic amines is 1. The van der Waals surface area contributed by atoms with E-state index in [9.17, 15) is 9.18 Å². The van der Waals surface area contributed by atoms with E-state index in [2.05, 4.69) is 10.3 Å². The molecule has 0 aliphatic rings. The van der Waals surface area contributed by atoms with Crippen LogP contribution in [0, 0.1) is 5.82 Å². The number of methoxy groups -OCH3 is 2. The highest BCUT2D eigenvalue weighted by atomic mass is 19.1. The van der Waals surface area contributed by atoms with Crippen molar-refractivity contribution in [3.8, 4) is 11.5 Å². The van der Waals surface area contributed by atoms with Crippen molar-refractivity contribution in [3.05, 3.63) is 59.5 Å². The Kier molecular flexibility index (Phi) is 4.61. The van der Waals surface area contributed by atoms with Gasteiger partial charge in [-0.15, -0.1) is 0 Å². The molecule has 1 heterocycles. The van der Waals surface area contributed by atoms with E-state index < -0.39 is 5.82 Å². The Morgan fingerprint density at radius 3 is 2.60 bits per heavy atom. The molecule has 0 spiro atoms. The van der Waals surface area contributed by atoms with E-state index >= 15 is 0 Å². The van der Waals surface area contributed by atoms with Gasteiger partial charge in [-0.1, -0.05) is 6.07 Å². The minimum Gasteiger partial charge on any atom is -0.497 e. The van der Waals surface area contributed by atoms with Gasteiger partial charge >= 0.3 is 0 Å². The molecule has 25 heavy (non-hydrogen) atoms. The van der Waals surface area contributed by atoms with Crippen LogP contribution >= 0.6 is 0 Å². The van der Waals surface area contributed by atoms with Crippen LogP contribution in [0.1, 0.15) is 29.0 Å². The molecule has 3 aromatic rings. The molecule has 0 aliphatic carbocycles. The van der Waals surface area contributed by atoms with E-state index in [0.29, 0.717) is 17.0 Å². The average molecular weight is 342 g/mol. The van der Waals surface area contributed by atoms with Crippen molar-refractivity contribution < 1.29 is 18.7 Å². The normalized spacial score (nSPS) is 12.0. The van der Waals surface area contributed by atoms with E-state index in [4.69, 9.17) is 9.47 Å². The smallest absolute Gasteiger partial charge is 0.268 e. The predicted octanol–water partition coefficient (Wildman–Crippen LogP) is 3.82. The van der Waals surface area contributed by atoms with Gasteiger partial charge < -0.3 is 19.8 Å². The van der Waals surface area contributed by atoms with Gasteiger partial charge in [0.05, 0.1) is 20.3 Å². The first-order valence-electron chi connectivity index (χ1n) is 7.83. The number of hydrogen-bond acceptors (Lipinski definition) is 3. The van der Waals surface area contributed by atoms with Gasteiger partial charge in [0.1, 0.15) is 11.4 Å². The zero-order valence-electron chi connectivity index (χ0n) is 14.2. The van der Waals surface area contributed by atoms with Crippen molar-refractivity contribution in [1.82, 2.24) is 10.3 Å². The largest absolute Gasteiger partial charge is 0.497 e. The lowest BCUT2D eigenvalue weighted by atomic mass is 10.1. The summed E-state index contributed by atoms with van der Waals surface area (Å²) in [5.41, 5.74) is 1.90. The van der Waals surface area contributed by atoms with Crippen LogP contribution in [-0.2, 0) is 0 Å². The van der Waals surface area contributed by atoms with Crippen LogP contribution in [-0.4, -0.2) is 25.1 Å². The number of carbonyl (C=O) groups is 1. The van der Waals surface area contributed by atoms with Gasteiger partial charge in [-0.25, -0.2) is 4.39 Å². The molecule has 3 rings (SSSR count). The Hall–Kier alpha value is -3.02. The van der Waals surface area contributed by atoms with Gasteiger partial charge in [-0.05, 0) is 42.8 Å². The number of halogens is 1. The molecule has 1 aromatic heterocycles. The van der Waals surface area contributed by atoms with Crippen LogP contribution in [0.4, 0.5) is 4.39 Å². The van der Waals surface area contributed by atoms with E-state index in [0.717, 1.165) is 10.9 Å². The van der Waals surface area contributed by atoms with Crippen molar-refractivity contribution >= 4 is 16.8 Å². The minimum absolute atomic E-state index is 0.173. The van der Waals surface area contributed by atoms with E-state index in [1.807, 2.05) is 18.2 Å². The van der Waals surface area contributed by atoms with Crippen molar-refractivity contribution in [3.63, 3.8) is 0 Å². The topological polar surface area (TPSA) is 63.4 Å². The van der Waals surface area contributed by atoms with Crippen LogP contribution in [0.5, 0.6) is 11.5 Å². The average Bonchev–Trinajstić information content (AvgIpc) is 3.04. The molecule has 0 fully saturated rings. The lowest BCUT2D eigenvalue weighted by Crippen LogP contribution is -2.27. The SMILES string of the molecule is COc1ccc2cc(C(=O)NC(C)c3ccc(OC)c(F)c3)[nH]c2c1. The quantitative estimate of drug-likeness (QED) is 0.741. The summed E-state index contributed by atoms with van der Waals surface area (Å²) in [7, 11) is 3.00. The summed E-state index contributed by atoms with van der Waals surface area (Å²) >= 11 is 0. The Balaban J connectivity index is 1.78. The molecule has 2 aromatic carbocycles. The molecule has 1 unspecified atom stereocenters. The van der Waals surface area contributed by atoms with Crippen molar-refractivity contribution in [1.29, 1.82) is 0 Å². The molecule has 2 N–H and O–H groups in total. The van der Waals surface area contributed by atoms with Gasteiger partial charge in [0.15, 0.2) is 11.6 Å². The minimum atomic E-state index is -0.459. The standard InChI is InChI=1S/C19H19FN2O3/c1-11(12-5-7-18(25-3)15(20)8-12)21-19(23)17-9-13-4-6-14(24-2)10-16(13)22-17/h4-11,22H,1-3H3,(H,21,23). The fraction of sp³-hybridized carbons (Fsp3) is 0.211. The number of aromatic nitrogens is 1. The zero-order chi connectivity index (χ0) is 18.0. The molecule has 5 nitrogen and oxygen atoms in total. The van der Waals surface area contributed by atoms with Crippen molar-refractivity contribution in [2.75, 3.05) is 14.2 Å². The number of nitrogens with one attached hydrogen (secondary N) is 2. The van der Waals surface area contributed by atoms with Crippen LogP contribution in [0.15, 0.2) is 42.5 Å². The number of H-pyrrole nitrogens is 1. The van der Waals surface area contributed by atoms with Crippen molar-refractivity contribution in [2.24, 2.45) is 0 Å². The summed E-state index contributed by atoms with van der Waals surface area (Å²) in [6.07, 6.45) is 0. The maximum atomic E-state index is 13.8. The highest BCUT2D eigenvalue weighted by Gasteiger charge is 2.15. The second-order valence-corrected chi connectivity index (χ2v) is 5.73. The first-order chi connectivity index (χ1) is 12.0.